The first-order valence-electron chi connectivity index (χ1n) is 6.33. The molecular weight excluding hydrogens is 274 g/mol. The lowest BCUT2D eigenvalue weighted by molar-refractivity contribution is -0.693. The molecule has 0 spiro atoms. The van der Waals surface area contributed by atoms with Gasteiger partial charge in [0.05, 0.1) is 4.90 Å². The van der Waals surface area contributed by atoms with E-state index < -0.39 is 10.1 Å². The standard InChI is InChI=1S/C8H12N.C7H8O3S/c1-3-9-6-4-8(2)5-7-9;1-6-2-4-7(5-3-6)11(8,9)10/h4-7H,3H2,1-2H3;2-5H,1H3,(H,8,9,10)/q+1;. The maximum absolute atomic E-state index is 10.5. The Morgan fingerprint density at radius 1 is 0.950 bits per heavy atom. The molecule has 0 fully saturated rings. The van der Waals surface area contributed by atoms with Gasteiger partial charge in [-0.3, -0.25) is 4.55 Å². The van der Waals surface area contributed by atoms with E-state index in [0.717, 1.165) is 12.1 Å². The first-order valence-corrected chi connectivity index (χ1v) is 7.77. The number of hydrogen-bond donors (Lipinski definition) is 1. The van der Waals surface area contributed by atoms with Gasteiger partial charge in [0.2, 0.25) is 0 Å². The van der Waals surface area contributed by atoms with E-state index in [-0.39, 0.29) is 4.90 Å². The predicted molar refractivity (Wildman–Crippen MR) is 78.0 cm³/mol. The quantitative estimate of drug-likeness (QED) is 0.684. The molecular formula is C15H20NO3S+. The van der Waals surface area contributed by atoms with Crippen LogP contribution in [0, 0.1) is 13.8 Å². The molecule has 1 heterocycles. The Hall–Kier alpha value is -1.72. The molecule has 0 aliphatic carbocycles. The smallest absolute Gasteiger partial charge is 0.282 e. The molecule has 2 aromatic rings. The fraction of sp³-hybridized carbons (Fsp3) is 0.267. The molecule has 108 valence electrons. The zero-order valence-electron chi connectivity index (χ0n) is 11.9. The Labute approximate surface area is 120 Å². The van der Waals surface area contributed by atoms with Crippen LogP contribution >= 0.6 is 0 Å². The second kappa shape index (κ2) is 7.17. The van der Waals surface area contributed by atoms with Crippen molar-refractivity contribution in [2.45, 2.75) is 32.2 Å². The molecule has 1 aromatic carbocycles. The van der Waals surface area contributed by atoms with Gasteiger partial charge in [-0.25, -0.2) is 4.57 Å². The highest BCUT2D eigenvalue weighted by Crippen LogP contribution is 2.08. The molecule has 0 saturated carbocycles. The van der Waals surface area contributed by atoms with Crippen LogP contribution in [0.5, 0.6) is 0 Å². The number of benzene rings is 1. The lowest BCUT2D eigenvalue weighted by Crippen LogP contribution is -2.30. The third-order valence-corrected chi connectivity index (χ3v) is 3.61. The Balaban J connectivity index is 0.000000204. The monoisotopic (exact) mass is 294 g/mol. The van der Waals surface area contributed by atoms with Gasteiger partial charge in [0.1, 0.15) is 6.54 Å². The van der Waals surface area contributed by atoms with Crippen molar-refractivity contribution in [3.63, 3.8) is 0 Å². The molecule has 0 radical (unpaired) electrons. The molecule has 0 aliphatic rings. The summed E-state index contributed by atoms with van der Waals surface area (Å²) in [6.07, 6.45) is 4.19. The predicted octanol–water partition coefficient (Wildman–Crippen LogP) is 2.54. The third-order valence-electron chi connectivity index (χ3n) is 2.74. The summed E-state index contributed by atoms with van der Waals surface area (Å²) in [6, 6.07) is 10.2. The number of nitrogens with zero attached hydrogens (tertiary/aromatic N) is 1. The molecule has 0 aliphatic heterocycles. The van der Waals surface area contributed by atoms with Gasteiger partial charge in [-0.2, -0.15) is 8.42 Å². The van der Waals surface area contributed by atoms with Gasteiger partial charge >= 0.3 is 0 Å². The van der Waals surface area contributed by atoms with Gasteiger partial charge in [-0.15, -0.1) is 0 Å². The van der Waals surface area contributed by atoms with Crippen LogP contribution in [-0.4, -0.2) is 13.0 Å². The minimum Gasteiger partial charge on any atom is -0.282 e. The normalized spacial score (nSPS) is 10.6. The first-order chi connectivity index (χ1) is 9.32. The summed E-state index contributed by atoms with van der Waals surface area (Å²) in [5, 5.41) is 0. The van der Waals surface area contributed by atoms with Gasteiger partial charge in [-0.05, 0) is 38.5 Å². The van der Waals surface area contributed by atoms with Crippen LogP contribution in [0.3, 0.4) is 0 Å². The van der Waals surface area contributed by atoms with Crippen molar-refractivity contribution >= 4 is 10.1 Å². The number of hydrogen-bond acceptors (Lipinski definition) is 2. The molecule has 1 N–H and O–H groups in total. The molecule has 2 rings (SSSR count). The molecule has 20 heavy (non-hydrogen) atoms. The van der Waals surface area contributed by atoms with Gasteiger partial charge < -0.3 is 0 Å². The highest BCUT2D eigenvalue weighted by Gasteiger charge is 2.06. The van der Waals surface area contributed by atoms with Crippen LogP contribution in [0.25, 0.3) is 0 Å². The lowest BCUT2D eigenvalue weighted by atomic mass is 10.2. The first kappa shape index (κ1) is 16.3. The van der Waals surface area contributed by atoms with E-state index in [2.05, 4.69) is 42.9 Å². The van der Waals surface area contributed by atoms with Gasteiger partial charge in [-0.1, -0.05) is 17.7 Å². The minimum atomic E-state index is -4.02. The number of aryl methyl sites for hydroxylation is 3. The molecule has 0 amide bonds. The van der Waals surface area contributed by atoms with Crippen molar-refractivity contribution < 1.29 is 17.5 Å². The fourth-order valence-electron chi connectivity index (χ4n) is 1.45. The maximum atomic E-state index is 10.5. The van der Waals surface area contributed by atoms with E-state index in [0.29, 0.717) is 0 Å². The molecule has 0 unspecified atom stereocenters. The van der Waals surface area contributed by atoms with Crippen LogP contribution < -0.4 is 4.57 Å². The number of aromatic nitrogens is 1. The van der Waals surface area contributed by atoms with Crippen molar-refractivity contribution in [3.8, 4) is 0 Å². The van der Waals surface area contributed by atoms with E-state index in [9.17, 15) is 8.42 Å². The molecule has 0 atom stereocenters. The van der Waals surface area contributed by atoms with Crippen LogP contribution in [0.2, 0.25) is 0 Å². The second-order valence-electron chi connectivity index (χ2n) is 4.49. The van der Waals surface area contributed by atoms with Gasteiger partial charge in [0.25, 0.3) is 10.1 Å². The number of rotatable bonds is 2. The van der Waals surface area contributed by atoms with E-state index in [4.69, 9.17) is 4.55 Å². The van der Waals surface area contributed by atoms with Gasteiger partial charge in [0, 0.05) is 12.1 Å². The third kappa shape index (κ3) is 5.50. The summed E-state index contributed by atoms with van der Waals surface area (Å²) in [4.78, 5) is -0.0666. The van der Waals surface area contributed by atoms with E-state index >= 15 is 0 Å². The van der Waals surface area contributed by atoms with Crippen LogP contribution in [0.15, 0.2) is 53.7 Å². The topological polar surface area (TPSA) is 58.2 Å². The molecule has 0 saturated heterocycles. The highest BCUT2D eigenvalue weighted by atomic mass is 32.2. The Bertz CT molecular complexity index is 632. The summed E-state index contributed by atoms with van der Waals surface area (Å²) in [7, 11) is -4.02. The summed E-state index contributed by atoms with van der Waals surface area (Å²) >= 11 is 0. The average Bonchev–Trinajstić information content (AvgIpc) is 2.40. The van der Waals surface area contributed by atoms with Crippen molar-refractivity contribution in [2.75, 3.05) is 0 Å². The largest absolute Gasteiger partial charge is 0.294 e. The highest BCUT2D eigenvalue weighted by molar-refractivity contribution is 7.85. The summed E-state index contributed by atoms with van der Waals surface area (Å²) < 4.78 is 31.7. The number of pyridine rings is 1. The van der Waals surface area contributed by atoms with Crippen LogP contribution in [0.4, 0.5) is 0 Å². The second-order valence-corrected chi connectivity index (χ2v) is 5.92. The molecule has 0 bridgehead atoms. The molecule has 1 aromatic heterocycles. The summed E-state index contributed by atoms with van der Waals surface area (Å²) in [5.74, 6) is 0. The van der Waals surface area contributed by atoms with Crippen LogP contribution in [0.1, 0.15) is 18.1 Å². The molecule has 5 heteroatoms. The lowest BCUT2D eigenvalue weighted by Gasteiger charge is -1.95. The van der Waals surface area contributed by atoms with Crippen molar-refractivity contribution in [1.82, 2.24) is 0 Å². The Morgan fingerprint density at radius 3 is 1.80 bits per heavy atom. The van der Waals surface area contributed by atoms with E-state index in [1.807, 2.05) is 6.92 Å². The van der Waals surface area contributed by atoms with E-state index in [1.165, 1.54) is 17.7 Å². The van der Waals surface area contributed by atoms with Crippen molar-refractivity contribution in [1.29, 1.82) is 0 Å². The summed E-state index contributed by atoms with van der Waals surface area (Å²) in [5.41, 5.74) is 2.28. The average molecular weight is 294 g/mol. The van der Waals surface area contributed by atoms with Crippen LogP contribution in [-0.2, 0) is 16.7 Å². The SMILES string of the molecule is CC[n+]1ccc(C)cc1.Cc1ccc(S(=O)(=O)O)cc1. The van der Waals surface area contributed by atoms with Gasteiger partial charge in [0.15, 0.2) is 12.4 Å². The minimum absolute atomic E-state index is 0.0666. The van der Waals surface area contributed by atoms with Crippen molar-refractivity contribution in [2.24, 2.45) is 0 Å². The Morgan fingerprint density at radius 2 is 1.40 bits per heavy atom. The Kier molecular flexibility index (Phi) is 5.85. The molecule has 4 nitrogen and oxygen atoms in total. The maximum Gasteiger partial charge on any atom is 0.294 e. The zero-order valence-corrected chi connectivity index (χ0v) is 12.8. The fourth-order valence-corrected chi connectivity index (χ4v) is 1.93. The van der Waals surface area contributed by atoms with E-state index in [1.54, 1.807) is 12.1 Å². The van der Waals surface area contributed by atoms with Crippen molar-refractivity contribution in [3.05, 3.63) is 59.9 Å². The summed E-state index contributed by atoms with van der Waals surface area (Å²) in [6.45, 7) is 7.13. The zero-order chi connectivity index (χ0) is 15.2.